The lowest BCUT2D eigenvalue weighted by Crippen LogP contribution is -2.13. The van der Waals surface area contributed by atoms with Crippen LogP contribution in [0, 0.1) is 5.82 Å². The molecule has 1 aromatic carbocycles. The van der Waals surface area contributed by atoms with E-state index in [1.165, 1.54) is 25.3 Å². The number of nitrogens with one attached hydrogen (secondary N) is 1. The van der Waals surface area contributed by atoms with Crippen molar-refractivity contribution in [3.8, 4) is 17.1 Å². The van der Waals surface area contributed by atoms with E-state index < -0.39 is 21.0 Å². The molecule has 0 bridgehead atoms. The molecule has 0 atom stereocenters. The first-order valence-corrected chi connectivity index (χ1v) is 6.25. The van der Waals surface area contributed by atoms with E-state index in [-0.39, 0.29) is 11.6 Å². The van der Waals surface area contributed by atoms with Crippen molar-refractivity contribution < 1.29 is 17.5 Å². The van der Waals surface area contributed by atoms with Crippen LogP contribution < -0.4 is 9.88 Å². The summed E-state index contributed by atoms with van der Waals surface area (Å²) in [6, 6.07) is 3.92. The van der Waals surface area contributed by atoms with E-state index >= 15 is 0 Å². The lowest BCUT2D eigenvalue weighted by molar-refractivity contribution is 0.387. The molecule has 0 radical (unpaired) electrons. The maximum absolute atomic E-state index is 13.2. The molecule has 2 rings (SSSR count). The predicted molar refractivity (Wildman–Crippen MR) is 59.7 cm³/mol. The fourth-order valence-corrected chi connectivity index (χ4v) is 1.69. The first-order valence-electron chi connectivity index (χ1n) is 4.71. The Morgan fingerprint density at radius 2 is 2.17 bits per heavy atom. The van der Waals surface area contributed by atoms with Crippen LogP contribution in [0.1, 0.15) is 0 Å². The Balaban J connectivity index is 2.46. The van der Waals surface area contributed by atoms with Crippen molar-refractivity contribution in [2.24, 2.45) is 5.14 Å². The fourth-order valence-electron chi connectivity index (χ4n) is 1.30. The van der Waals surface area contributed by atoms with E-state index in [9.17, 15) is 12.8 Å². The molecule has 0 amide bonds. The van der Waals surface area contributed by atoms with Gasteiger partial charge in [0.05, 0.1) is 7.11 Å². The molecule has 3 N–H and O–H groups in total. The van der Waals surface area contributed by atoms with Gasteiger partial charge in [0.15, 0.2) is 17.4 Å². The number of ether oxygens (including phenoxy) is 1. The highest BCUT2D eigenvalue weighted by Crippen LogP contribution is 2.24. The van der Waals surface area contributed by atoms with Gasteiger partial charge in [-0.1, -0.05) is 0 Å². The third-order valence-electron chi connectivity index (χ3n) is 2.14. The van der Waals surface area contributed by atoms with Gasteiger partial charge < -0.3 is 4.74 Å². The van der Waals surface area contributed by atoms with Crippen molar-refractivity contribution in [2.45, 2.75) is 5.16 Å². The van der Waals surface area contributed by atoms with Gasteiger partial charge in [-0.2, -0.15) is 10.1 Å². The van der Waals surface area contributed by atoms with Crippen LogP contribution in [0.15, 0.2) is 23.4 Å². The molecule has 0 unspecified atom stereocenters. The number of aromatic nitrogens is 3. The Hall–Kier alpha value is -2.00. The number of H-pyrrole nitrogens is 1. The highest BCUT2D eigenvalue weighted by atomic mass is 32.2. The second-order valence-electron chi connectivity index (χ2n) is 3.36. The Morgan fingerprint density at radius 1 is 1.44 bits per heavy atom. The monoisotopic (exact) mass is 272 g/mol. The lowest BCUT2D eigenvalue weighted by Gasteiger charge is -2.02. The Bertz CT molecular complexity index is 683. The summed E-state index contributed by atoms with van der Waals surface area (Å²) >= 11 is 0. The second-order valence-corrected chi connectivity index (χ2v) is 4.84. The van der Waals surface area contributed by atoms with E-state index in [4.69, 9.17) is 9.88 Å². The number of hydrogen-bond donors (Lipinski definition) is 2. The van der Waals surface area contributed by atoms with Crippen LogP contribution in [0.2, 0.25) is 0 Å². The van der Waals surface area contributed by atoms with Gasteiger partial charge in [0.1, 0.15) is 0 Å². The number of sulfonamides is 1. The van der Waals surface area contributed by atoms with Gasteiger partial charge in [0.25, 0.3) is 15.2 Å². The van der Waals surface area contributed by atoms with Gasteiger partial charge in [-0.25, -0.2) is 23.0 Å². The van der Waals surface area contributed by atoms with Crippen LogP contribution in [0.25, 0.3) is 11.4 Å². The zero-order chi connectivity index (χ0) is 13.3. The third kappa shape index (κ3) is 2.31. The normalized spacial score (nSPS) is 11.5. The molecule has 0 fully saturated rings. The second kappa shape index (κ2) is 4.35. The van der Waals surface area contributed by atoms with Crippen molar-refractivity contribution in [2.75, 3.05) is 7.11 Å². The molecule has 0 aliphatic carbocycles. The smallest absolute Gasteiger partial charge is 0.273 e. The van der Waals surface area contributed by atoms with Gasteiger partial charge in [-0.05, 0) is 18.2 Å². The molecule has 0 saturated carbocycles. The zero-order valence-corrected chi connectivity index (χ0v) is 10.0. The summed E-state index contributed by atoms with van der Waals surface area (Å²) in [6.07, 6.45) is 0. The standard InChI is InChI=1S/C9H9FN4O3S/c1-17-7-4-5(2-3-6(7)10)8-12-9(14-13-8)18(11,15)16/h2-4H,1H3,(H2,11,15,16)(H,12,13,14). The molecule has 0 spiro atoms. The molecular formula is C9H9FN4O3S. The van der Waals surface area contributed by atoms with E-state index in [1.807, 2.05) is 0 Å². The minimum Gasteiger partial charge on any atom is -0.494 e. The summed E-state index contributed by atoms with van der Waals surface area (Å²) < 4.78 is 40.0. The predicted octanol–water partition coefficient (Wildman–Crippen LogP) is 0.267. The highest BCUT2D eigenvalue weighted by Gasteiger charge is 2.16. The molecule has 18 heavy (non-hydrogen) atoms. The Labute approximate surface area is 102 Å². The number of methoxy groups -OCH3 is 1. The third-order valence-corrected chi connectivity index (χ3v) is 2.87. The molecule has 7 nitrogen and oxygen atoms in total. The molecule has 1 heterocycles. The summed E-state index contributed by atoms with van der Waals surface area (Å²) in [7, 11) is -2.63. The SMILES string of the molecule is COc1cc(-c2n[nH]c(S(N)(=O)=O)n2)ccc1F. The van der Waals surface area contributed by atoms with Crippen LogP contribution in [-0.2, 0) is 10.0 Å². The number of rotatable bonds is 3. The molecule has 96 valence electrons. The van der Waals surface area contributed by atoms with Gasteiger partial charge >= 0.3 is 0 Å². The molecule has 9 heteroatoms. The van der Waals surface area contributed by atoms with Crippen LogP contribution in [0.3, 0.4) is 0 Å². The summed E-state index contributed by atoms with van der Waals surface area (Å²) in [5, 5.41) is 10.3. The summed E-state index contributed by atoms with van der Waals surface area (Å²) in [6.45, 7) is 0. The molecular weight excluding hydrogens is 263 g/mol. The van der Waals surface area contributed by atoms with Crippen molar-refractivity contribution in [1.82, 2.24) is 15.2 Å². The first kappa shape index (κ1) is 12.5. The van der Waals surface area contributed by atoms with Crippen molar-refractivity contribution in [3.63, 3.8) is 0 Å². The molecule has 0 saturated heterocycles. The average Bonchev–Trinajstić information content (AvgIpc) is 2.78. The van der Waals surface area contributed by atoms with Crippen LogP contribution >= 0.6 is 0 Å². The number of hydrogen-bond acceptors (Lipinski definition) is 5. The summed E-state index contributed by atoms with van der Waals surface area (Å²) in [4.78, 5) is 3.70. The largest absolute Gasteiger partial charge is 0.494 e. The number of nitrogens with zero attached hydrogens (tertiary/aromatic N) is 2. The van der Waals surface area contributed by atoms with E-state index in [0.717, 1.165) is 0 Å². The first-order chi connectivity index (χ1) is 8.41. The number of nitrogens with two attached hydrogens (primary N) is 1. The van der Waals surface area contributed by atoms with Crippen LogP contribution in [-0.4, -0.2) is 30.7 Å². The minimum absolute atomic E-state index is 0.00876. The van der Waals surface area contributed by atoms with Gasteiger partial charge in [-0.3, -0.25) is 0 Å². The van der Waals surface area contributed by atoms with Gasteiger partial charge in [0.2, 0.25) is 0 Å². The maximum atomic E-state index is 13.2. The average molecular weight is 272 g/mol. The van der Waals surface area contributed by atoms with Crippen LogP contribution in [0.5, 0.6) is 5.75 Å². The zero-order valence-electron chi connectivity index (χ0n) is 9.21. The molecule has 1 aromatic heterocycles. The Morgan fingerprint density at radius 3 is 2.72 bits per heavy atom. The summed E-state index contributed by atoms with van der Waals surface area (Å²) in [5.41, 5.74) is 0.402. The van der Waals surface area contributed by atoms with Crippen molar-refractivity contribution in [3.05, 3.63) is 24.0 Å². The van der Waals surface area contributed by atoms with Gasteiger partial charge in [0, 0.05) is 5.56 Å². The number of aromatic amines is 1. The Kier molecular flexibility index (Phi) is 3.01. The molecule has 0 aliphatic heterocycles. The van der Waals surface area contributed by atoms with E-state index in [2.05, 4.69) is 15.2 Å². The number of benzene rings is 1. The number of halogens is 1. The quantitative estimate of drug-likeness (QED) is 0.832. The molecule has 2 aromatic rings. The molecule has 0 aliphatic rings. The van der Waals surface area contributed by atoms with Gasteiger partial charge in [-0.15, -0.1) is 0 Å². The van der Waals surface area contributed by atoms with Crippen molar-refractivity contribution in [1.29, 1.82) is 0 Å². The van der Waals surface area contributed by atoms with E-state index in [0.29, 0.717) is 5.56 Å². The maximum Gasteiger partial charge on any atom is 0.273 e. The topological polar surface area (TPSA) is 111 Å². The summed E-state index contributed by atoms with van der Waals surface area (Å²) in [5.74, 6) is -0.449. The minimum atomic E-state index is -3.95. The number of primary sulfonamides is 1. The fraction of sp³-hybridized carbons (Fsp3) is 0.111. The van der Waals surface area contributed by atoms with E-state index in [1.54, 1.807) is 0 Å². The van der Waals surface area contributed by atoms with Crippen molar-refractivity contribution >= 4 is 10.0 Å². The lowest BCUT2D eigenvalue weighted by atomic mass is 10.2. The highest BCUT2D eigenvalue weighted by molar-refractivity contribution is 7.89. The van der Waals surface area contributed by atoms with Crippen LogP contribution in [0.4, 0.5) is 4.39 Å².